The molecule has 1 aromatic carbocycles. The van der Waals surface area contributed by atoms with Gasteiger partial charge in [0.1, 0.15) is 0 Å². The fraction of sp³-hybridized carbons (Fsp3) is 0.519. The number of hydrogen-bond acceptors (Lipinski definition) is 4. The van der Waals surface area contributed by atoms with E-state index in [1.54, 1.807) is 12.3 Å². The molecule has 1 aromatic heterocycles. The summed E-state index contributed by atoms with van der Waals surface area (Å²) < 4.78 is 0. The summed E-state index contributed by atoms with van der Waals surface area (Å²) in [6.07, 6.45) is 8.30. The van der Waals surface area contributed by atoms with E-state index in [0.717, 1.165) is 67.8 Å². The van der Waals surface area contributed by atoms with E-state index < -0.39 is 0 Å². The van der Waals surface area contributed by atoms with Crippen molar-refractivity contribution >= 4 is 29.1 Å². The number of benzene rings is 1. The lowest BCUT2D eigenvalue weighted by Crippen LogP contribution is -2.56. The first-order valence-corrected chi connectivity index (χ1v) is 12.8. The topological polar surface area (TPSA) is 65.5 Å². The lowest BCUT2D eigenvalue weighted by atomic mass is 10.0. The minimum Gasteiger partial charge on any atom is -0.334 e. The number of amides is 2. The molecule has 3 aliphatic rings. The van der Waals surface area contributed by atoms with Crippen LogP contribution in [0.1, 0.15) is 65.7 Å². The number of aryl methyl sites for hydroxylation is 1. The summed E-state index contributed by atoms with van der Waals surface area (Å²) in [4.78, 5) is 34.8. The van der Waals surface area contributed by atoms with Crippen LogP contribution < -0.4 is 5.32 Å². The lowest BCUT2D eigenvalue weighted by Gasteiger charge is -2.42. The van der Waals surface area contributed by atoms with Crippen molar-refractivity contribution in [3.8, 4) is 0 Å². The van der Waals surface area contributed by atoms with Crippen LogP contribution in [0.4, 0.5) is 5.69 Å². The predicted octanol–water partition coefficient (Wildman–Crippen LogP) is 4.97. The summed E-state index contributed by atoms with van der Waals surface area (Å²) >= 11 is 6.46. The van der Waals surface area contributed by atoms with Gasteiger partial charge in [0.2, 0.25) is 5.91 Å². The Kier molecular flexibility index (Phi) is 6.63. The van der Waals surface area contributed by atoms with E-state index in [0.29, 0.717) is 28.6 Å². The second-order valence-corrected chi connectivity index (χ2v) is 10.6. The zero-order chi connectivity index (χ0) is 23.8. The van der Waals surface area contributed by atoms with Crippen molar-refractivity contribution in [2.75, 3.05) is 18.4 Å². The lowest BCUT2D eigenvalue weighted by molar-refractivity contribution is -0.141. The first kappa shape index (κ1) is 23.3. The maximum absolute atomic E-state index is 13.2. The second-order valence-electron chi connectivity index (χ2n) is 10.2. The zero-order valence-corrected chi connectivity index (χ0v) is 20.8. The predicted molar refractivity (Wildman–Crippen MR) is 134 cm³/mol. The van der Waals surface area contributed by atoms with Crippen molar-refractivity contribution in [2.45, 2.75) is 71.0 Å². The molecule has 1 saturated carbocycles. The van der Waals surface area contributed by atoms with Crippen LogP contribution in [0.25, 0.3) is 0 Å². The van der Waals surface area contributed by atoms with Gasteiger partial charge in [-0.05, 0) is 74.9 Å². The highest BCUT2D eigenvalue weighted by Gasteiger charge is 2.44. The van der Waals surface area contributed by atoms with Gasteiger partial charge in [-0.2, -0.15) is 0 Å². The zero-order valence-electron chi connectivity index (χ0n) is 20.0. The van der Waals surface area contributed by atoms with Gasteiger partial charge in [0, 0.05) is 60.2 Å². The van der Waals surface area contributed by atoms with Crippen LogP contribution in [0.5, 0.6) is 0 Å². The molecule has 7 heteroatoms. The highest BCUT2D eigenvalue weighted by atomic mass is 35.5. The van der Waals surface area contributed by atoms with Crippen molar-refractivity contribution < 1.29 is 9.59 Å². The average molecular weight is 481 g/mol. The summed E-state index contributed by atoms with van der Waals surface area (Å²) in [6, 6.07) is 8.05. The van der Waals surface area contributed by atoms with Crippen molar-refractivity contribution in [1.82, 2.24) is 14.8 Å². The molecule has 1 N–H and O–H groups in total. The fourth-order valence-corrected chi connectivity index (χ4v) is 6.17. The monoisotopic (exact) mass is 480 g/mol. The Morgan fingerprint density at radius 3 is 2.41 bits per heavy atom. The second kappa shape index (κ2) is 9.67. The Hall–Kier alpha value is -2.44. The maximum Gasteiger partial charge on any atom is 0.257 e. The van der Waals surface area contributed by atoms with Gasteiger partial charge < -0.3 is 10.2 Å². The summed E-state index contributed by atoms with van der Waals surface area (Å²) in [7, 11) is 0. The number of likely N-dealkylation sites (tertiary alicyclic amines) is 1. The molecule has 3 heterocycles. The molecule has 0 spiro atoms. The highest BCUT2D eigenvalue weighted by Crippen LogP contribution is 2.36. The van der Waals surface area contributed by atoms with Crippen LogP contribution in [0.3, 0.4) is 0 Å². The minimum absolute atomic E-state index is 0.194. The first-order valence-electron chi connectivity index (χ1n) is 12.5. The fourth-order valence-electron chi connectivity index (χ4n) is 5.93. The van der Waals surface area contributed by atoms with E-state index >= 15 is 0 Å². The van der Waals surface area contributed by atoms with E-state index in [-0.39, 0.29) is 11.8 Å². The smallest absolute Gasteiger partial charge is 0.257 e. The van der Waals surface area contributed by atoms with E-state index in [1.165, 1.54) is 12.8 Å². The Balaban J connectivity index is 1.28. The third-order valence-electron chi connectivity index (χ3n) is 7.81. The summed E-state index contributed by atoms with van der Waals surface area (Å²) in [5.74, 6) is 0.458. The number of carbonyl (C=O) groups is 2. The number of fused-ring (bicyclic) bond motifs is 2. The number of pyridine rings is 1. The SMILES string of the molecule is Cc1ccc(C(=O)Nc2cc(Cl)cc(CN3CC4CCC(C3)N4C(=O)C3CCCC3)c2C)cn1. The Morgan fingerprint density at radius 1 is 1.06 bits per heavy atom. The van der Waals surface area contributed by atoms with Crippen molar-refractivity contribution in [3.05, 3.63) is 57.9 Å². The van der Waals surface area contributed by atoms with E-state index in [2.05, 4.69) is 20.1 Å². The maximum atomic E-state index is 13.2. The molecule has 2 atom stereocenters. The van der Waals surface area contributed by atoms with Crippen molar-refractivity contribution in [1.29, 1.82) is 0 Å². The average Bonchev–Trinajstić information content (AvgIpc) is 3.44. The van der Waals surface area contributed by atoms with Gasteiger partial charge in [-0.15, -0.1) is 0 Å². The molecule has 2 bridgehead atoms. The third kappa shape index (κ3) is 4.71. The highest BCUT2D eigenvalue weighted by molar-refractivity contribution is 6.31. The van der Waals surface area contributed by atoms with Gasteiger partial charge in [0.15, 0.2) is 0 Å². The Morgan fingerprint density at radius 2 is 1.76 bits per heavy atom. The molecule has 2 aliphatic heterocycles. The summed E-state index contributed by atoms with van der Waals surface area (Å²) in [5, 5.41) is 3.62. The number of carbonyl (C=O) groups excluding carboxylic acids is 2. The number of nitrogens with zero attached hydrogens (tertiary/aromatic N) is 3. The van der Waals surface area contributed by atoms with Gasteiger partial charge >= 0.3 is 0 Å². The van der Waals surface area contributed by atoms with Crippen LogP contribution in [0, 0.1) is 19.8 Å². The van der Waals surface area contributed by atoms with Crippen LogP contribution in [0.15, 0.2) is 30.5 Å². The molecule has 2 saturated heterocycles. The van der Waals surface area contributed by atoms with E-state index in [9.17, 15) is 9.59 Å². The standard InChI is InChI=1S/C27H33ClN4O2/c1-17-7-8-20(13-29-17)26(33)30-25-12-22(28)11-21(18(25)2)14-31-15-23-9-10-24(16-31)32(23)27(34)19-5-3-4-6-19/h7-8,11-13,19,23-24H,3-6,9-10,14-16H2,1-2H3,(H,30,33). The molecule has 5 rings (SSSR count). The number of rotatable bonds is 5. The number of nitrogens with one attached hydrogen (secondary N) is 1. The number of halogens is 1. The quantitative estimate of drug-likeness (QED) is 0.656. The molecular formula is C27H33ClN4O2. The first-order chi connectivity index (χ1) is 16.4. The number of hydrogen-bond donors (Lipinski definition) is 1. The minimum atomic E-state index is -0.194. The largest absolute Gasteiger partial charge is 0.334 e. The van der Waals surface area contributed by atoms with Gasteiger partial charge in [-0.1, -0.05) is 24.4 Å². The molecule has 1 aliphatic carbocycles. The molecule has 0 radical (unpaired) electrons. The molecule has 2 amide bonds. The van der Waals surface area contributed by atoms with Crippen LogP contribution in [-0.4, -0.2) is 51.8 Å². The molecule has 34 heavy (non-hydrogen) atoms. The normalized spacial score (nSPS) is 22.9. The van der Waals surface area contributed by atoms with Gasteiger partial charge in [0.05, 0.1) is 5.56 Å². The van der Waals surface area contributed by atoms with Gasteiger partial charge in [-0.3, -0.25) is 19.5 Å². The molecule has 6 nitrogen and oxygen atoms in total. The van der Waals surface area contributed by atoms with Gasteiger partial charge in [-0.25, -0.2) is 0 Å². The Labute approximate surface area is 206 Å². The molecular weight excluding hydrogens is 448 g/mol. The Bertz CT molecular complexity index is 1070. The van der Waals surface area contributed by atoms with E-state index in [1.807, 2.05) is 32.0 Å². The van der Waals surface area contributed by atoms with E-state index in [4.69, 9.17) is 11.6 Å². The molecule has 2 unspecified atom stereocenters. The molecule has 3 fully saturated rings. The van der Waals surface area contributed by atoms with Crippen molar-refractivity contribution in [2.24, 2.45) is 5.92 Å². The number of piperazine rings is 1. The van der Waals surface area contributed by atoms with Crippen molar-refractivity contribution in [3.63, 3.8) is 0 Å². The third-order valence-corrected chi connectivity index (χ3v) is 8.03. The van der Waals surface area contributed by atoms with Crippen LogP contribution in [-0.2, 0) is 11.3 Å². The number of anilines is 1. The summed E-state index contributed by atoms with van der Waals surface area (Å²) in [6.45, 7) is 6.49. The van der Waals surface area contributed by atoms with Gasteiger partial charge in [0.25, 0.3) is 5.91 Å². The molecule has 2 aromatic rings. The summed E-state index contributed by atoms with van der Waals surface area (Å²) in [5.41, 5.74) is 4.25. The molecule has 180 valence electrons. The van der Waals surface area contributed by atoms with Crippen LogP contribution in [0.2, 0.25) is 5.02 Å². The number of aromatic nitrogens is 1. The van der Waals surface area contributed by atoms with Crippen LogP contribution >= 0.6 is 11.6 Å².